The van der Waals surface area contributed by atoms with Crippen LogP contribution in [0.3, 0.4) is 0 Å². The van der Waals surface area contributed by atoms with E-state index in [2.05, 4.69) is 43.4 Å². The Morgan fingerprint density at radius 2 is 1.71 bits per heavy atom. The molecule has 1 aliphatic rings. The summed E-state index contributed by atoms with van der Waals surface area (Å²) in [6.45, 7) is 7.05. The normalized spacial score (nSPS) is 16.8. The van der Waals surface area contributed by atoms with Gasteiger partial charge in [-0.05, 0) is 74.8 Å². The number of halogens is 1. The Balaban J connectivity index is 1.39. The third-order valence-corrected chi connectivity index (χ3v) is 5.63. The summed E-state index contributed by atoms with van der Waals surface area (Å²) in [6.07, 6.45) is 2.59. The summed E-state index contributed by atoms with van der Waals surface area (Å²) in [5.74, 6) is 0.388. The van der Waals surface area contributed by atoms with E-state index in [1.54, 1.807) is 12.1 Å². The van der Waals surface area contributed by atoms with Crippen molar-refractivity contribution in [2.75, 3.05) is 13.2 Å². The summed E-state index contributed by atoms with van der Waals surface area (Å²) in [5, 5.41) is 13.8. The Bertz CT molecular complexity index is 734. The van der Waals surface area contributed by atoms with E-state index in [-0.39, 0.29) is 24.1 Å². The molecule has 0 saturated heterocycles. The summed E-state index contributed by atoms with van der Waals surface area (Å²) >= 11 is 0. The van der Waals surface area contributed by atoms with Gasteiger partial charge in [-0.25, -0.2) is 4.39 Å². The van der Waals surface area contributed by atoms with E-state index >= 15 is 0 Å². The summed E-state index contributed by atoms with van der Waals surface area (Å²) < 4.78 is 18.8. The number of rotatable bonds is 9. The predicted molar refractivity (Wildman–Crippen MR) is 111 cm³/mol. The van der Waals surface area contributed by atoms with E-state index in [1.165, 1.54) is 23.3 Å². The summed E-state index contributed by atoms with van der Waals surface area (Å²) in [4.78, 5) is 0. The Hall–Kier alpha value is -1.75. The van der Waals surface area contributed by atoms with Gasteiger partial charge in [0.1, 0.15) is 5.82 Å². The van der Waals surface area contributed by atoms with E-state index in [9.17, 15) is 9.50 Å². The molecule has 0 heterocycles. The summed E-state index contributed by atoms with van der Waals surface area (Å²) in [7, 11) is 0. The van der Waals surface area contributed by atoms with Crippen LogP contribution >= 0.6 is 0 Å². The third kappa shape index (κ3) is 5.87. The van der Waals surface area contributed by atoms with Crippen LogP contribution < -0.4 is 5.32 Å². The van der Waals surface area contributed by atoms with Gasteiger partial charge in [-0.15, -0.1) is 0 Å². The monoisotopic (exact) mass is 385 g/mol. The van der Waals surface area contributed by atoms with E-state index in [4.69, 9.17) is 4.74 Å². The Morgan fingerprint density at radius 3 is 2.32 bits per heavy atom. The molecule has 28 heavy (non-hydrogen) atoms. The van der Waals surface area contributed by atoms with Crippen molar-refractivity contribution in [2.45, 2.75) is 57.8 Å². The molecule has 0 saturated carbocycles. The van der Waals surface area contributed by atoms with E-state index in [0.717, 1.165) is 24.8 Å². The number of hydrogen-bond donors (Lipinski definition) is 2. The van der Waals surface area contributed by atoms with Gasteiger partial charge in [0.25, 0.3) is 0 Å². The molecule has 0 amide bonds. The molecule has 0 bridgehead atoms. The zero-order valence-corrected chi connectivity index (χ0v) is 17.1. The number of nitrogens with one attached hydrogen (secondary N) is 1. The molecule has 3 rings (SSSR count). The molecular weight excluding hydrogens is 353 g/mol. The Kier molecular flexibility index (Phi) is 6.86. The van der Waals surface area contributed by atoms with Crippen LogP contribution in [0.2, 0.25) is 0 Å². The third-order valence-electron chi connectivity index (χ3n) is 5.63. The van der Waals surface area contributed by atoms with Crippen molar-refractivity contribution in [1.82, 2.24) is 5.32 Å². The van der Waals surface area contributed by atoms with Gasteiger partial charge in [-0.1, -0.05) is 36.4 Å². The van der Waals surface area contributed by atoms with Gasteiger partial charge in [-0.3, -0.25) is 0 Å². The average molecular weight is 386 g/mol. The van der Waals surface area contributed by atoms with Gasteiger partial charge in [0.15, 0.2) is 0 Å². The van der Waals surface area contributed by atoms with Crippen molar-refractivity contribution in [3.05, 3.63) is 71.0 Å². The highest BCUT2D eigenvalue weighted by molar-refractivity contribution is 5.32. The van der Waals surface area contributed by atoms with Crippen LogP contribution in [0.25, 0.3) is 0 Å². The molecule has 0 aromatic heterocycles. The second-order valence-electron chi connectivity index (χ2n) is 8.69. The van der Waals surface area contributed by atoms with Crippen molar-refractivity contribution >= 4 is 0 Å². The molecule has 0 fully saturated rings. The number of aliphatic hydroxyl groups excluding tert-OH is 1. The molecule has 4 heteroatoms. The van der Waals surface area contributed by atoms with Crippen LogP contribution in [0.15, 0.2) is 48.5 Å². The van der Waals surface area contributed by atoms with Crippen molar-refractivity contribution in [3.8, 4) is 0 Å². The molecule has 2 aromatic rings. The van der Waals surface area contributed by atoms with E-state index in [0.29, 0.717) is 12.5 Å². The zero-order valence-electron chi connectivity index (χ0n) is 17.1. The van der Waals surface area contributed by atoms with E-state index in [1.807, 2.05) is 6.92 Å². The number of aliphatic hydroxyl groups is 1. The van der Waals surface area contributed by atoms with Gasteiger partial charge >= 0.3 is 0 Å². The second-order valence-corrected chi connectivity index (χ2v) is 8.69. The lowest BCUT2D eigenvalue weighted by atomic mass is 9.88. The Morgan fingerprint density at radius 1 is 1.11 bits per heavy atom. The number of ether oxygens (including phenoxy) is 1. The molecule has 0 aliphatic heterocycles. The van der Waals surface area contributed by atoms with Crippen molar-refractivity contribution in [2.24, 2.45) is 5.92 Å². The lowest BCUT2D eigenvalue weighted by Crippen LogP contribution is -2.45. The number of benzene rings is 2. The van der Waals surface area contributed by atoms with Gasteiger partial charge in [0.2, 0.25) is 0 Å². The maximum absolute atomic E-state index is 13.0. The molecule has 1 aliphatic carbocycles. The number of fused-ring (bicyclic) bond motifs is 1. The van der Waals surface area contributed by atoms with Crippen molar-refractivity contribution in [1.29, 1.82) is 0 Å². The minimum absolute atomic E-state index is 0.0454. The molecule has 0 unspecified atom stereocenters. The number of hydrogen-bond acceptors (Lipinski definition) is 3. The van der Waals surface area contributed by atoms with Crippen LogP contribution in [0, 0.1) is 11.7 Å². The average Bonchev–Trinajstić information content (AvgIpc) is 3.06. The minimum atomic E-state index is -0.581. The van der Waals surface area contributed by atoms with Gasteiger partial charge in [-0.2, -0.15) is 0 Å². The fourth-order valence-corrected chi connectivity index (χ4v) is 4.13. The molecule has 2 N–H and O–H groups in total. The highest BCUT2D eigenvalue weighted by Crippen LogP contribution is 2.31. The van der Waals surface area contributed by atoms with Crippen molar-refractivity contribution in [3.63, 3.8) is 0 Å². The van der Waals surface area contributed by atoms with Crippen LogP contribution in [-0.2, 0) is 17.6 Å². The summed E-state index contributed by atoms with van der Waals surface area (Å²) in [5.41, 5.74) is 3.82. The van der Waals surface area contributed by atoms with Crippen LogP contribution in [0.4, 0.5) is 4.39 Å². The molecule has 2 atom stereocenters. The quantitative estimate of drug-likeness (QED) is 0.671. The molecule has 0 spiro atoms. The fraction of sp³-hybridized carbons (Fsp3) is 0.500. The topological polar surface area (TPSA) is 41.5 Å². The molecular formula is C24H32FNO2. The molecule has 3 nitrogen and oxygen atoms in total. The molecule has 2 aromatic carbocycles. The lowest BCUT2D eigenvalue weighted by Gasteiger charge is -2.30. The lowest BCUT2D eigenvalue weighted by molar-refractivity contribution is -0.00462. The number of β-amino-alcohol motifs (C(OH)–C–C–N with tert-alkyl or cyclic N) is 1. The second kappa shape index (κ2) is 9.17. The van der Waals surface area contributed by atoms with E-state index < -0.39 is 6.10 Å². The van der Waals surface area contributed by atoms with Gasteiger partial charge < -0.3 is 15.2 Å². The maximum Gasteiger partial charge on any atom is 0.123 e. The first-order valence-corrected chi connectivity index (χ1v) is 10.2. The Labute approximate surface area is 167 Å². The first-order chi connectivity index (χ1) is 13.3. The maximum atomic E-state index is 13.0. The van der Waals surface area contributed by atoms with Crippen LogP contribution in [0.1, 0.15) is 50.0 Å². The standard InChI is InChI=1S/C24H32FNO2/c1-17(19-8-10-22(25)11-9-19)28-16-23(27)15-26-24(2,3)14-18-12-20-6-4-5-7-21(20)13-18/h4-11,17-18,23,26-27H,12-16H2,1-3H3/t17-,23+/m1/s1. The smallest absolute Gasteiger partial charge is 0.123 e. The van der Waals surface area contributed by atoms with Crippen LogP contribution in [0.5, 0.6) is 0 Å². The fourth-order valence-electron chi connectivity index (χ4n) is 4.13. The predicted octanol–water partition coefficient (Wildman–Crippen LogP) is 4.44. The largest absolute Gasteiger partial charge is 0.389 e. The first kappa shape index (κ1) is 21.0. The molecule has 152 valence electrons. The minimum Gasteiger partial charge on any atom is -0.389 e. The first-order valence-electron chi connectivity index (χ1n) is 10.2. The highest BCUT2D eigenvalue weighted by atomic mass is 19.1. The van der Waals surface area contributed by atoms with Crippen LogP contribution in [-0.4, -0.2) is 29.9 Å². The van der Waals surface area contributed by atoms with Gasteiger partial charge in [0, 0.05) is 12.1 Å². The molecule has 0 radical (unpaired) electrons. The highest BCUT2D eigenvalue weighted by Gasteiger charge is 2.28. The zero-order chi connectivity index (χ0) is 20.1. The summed E-state index contributed by atoms with van der Waals surface area (Å²) in [6, 6.07) is 15.0. The van der Waals surface area contributed by atoms with Gasteiger partial charge in [0.05, 0.1) is 18.8 Å². The SMILES string of the molecule is C[C@@H](OC[C@@H](O)CNC(C)(C)CC1Cc2ccccc2C1)c1ccc(F)cc1. The van der Waals surface area contributed by atoms with Crippen molar-refractivity contribution < 1.29 is 14.2 Å².